The van der Waals surface area contributed by atoms with Crippen molar-refractivity contribution in [1.82, 2.24) is 9.88 Å². The minimum absolute atomic E-state index is 0.0113. The molecule has 1 aliphatic rings. The average Bonchev–Trinajstić information content (AvgIpc) is 3.14. The molecule has 0 radical (unpaired) electrons. The van der Waals surface area contributed by atoms with Crippen LogP contribution in [0, 0.1) is 0 Å². The van der Waals surface area contributed by atoms with Gasteiger partial charge in [-0.05, 0) is 26.0 Å². The monoisotopic (exact) mass is 270 g/mol. The van der Waals surface area contributed by atoms with Crippen LogP contribution < -0.4 is 4.74 Å². The van der Waals surface area contributed by atoms with Crippen LogP contribution in [0.3, 0.4) is 0 Å². The molecule has 1 N–H and O–H groups in total. The van der Waals surface area contributed by atoms with E-state index in [1.165, 1.54) is 25.1 Å². The fourth-order valence-corrected chi connectivity index (χ4v) is 1.92. The number of aromatic nitrogens is 1. The van der Waals surface area contributed by atoms with Gasteiger partial charge in [0.2, 0.25) is 5.88 Å². The van der Waals surface area contributed by atoms with Crippen molar-refractivity contribution in [2.75, 3.05) is 20.2 Å². The molecule has 0 atom stereocenters. The van der Waals surface area contributed by atoms with Crippen LogP contribution >= 0.6 is 11.6 Å². The van der Waals surface area contributed by atoms with Crippen molar-refractivity contribution < 1.29 is 14.6 Å². The third kappa shape index (κ3) is 3.11. The van der Waals surface area contributed by atoms with Gasteiger partial charge in [0.05, 0.1) is 5.56 Å². The van der Waals surface area contributed by atoms with Crippen LogP contribution in [0.1, 0.15) is 23.2 Å². The van der Waals surface area contributed by atoms with E-state index in [1.807, 2.05) is 7.05 Å². The van der Waals surface area contributed by atoms with E-state index < -0.39 is 5.97 Å². The van der Waals surface area contributed by atoms with Crippen molar-refractivity contribution in [2.24, 2.45) is 0 Å². The van der Waals surface area contributed by atoms with Gasteiger partial charge in [-0.2, -0.15) is 0 Å². The van der Waals surface area contributed by atoms with E-state index in [2.05, 4.69) is 9.88 Å². The summed E-state index contributed by atoms with van der Waals surface area (Å²) in [6, 6.07) is 2.02. The van der Waals surface area contributed by atoms with Gasteiger partial charge in [0, 0.05) is 18.8 Å². The molecule has 1 saturated carbocycles. The summed E-state index contributed by atoms with van der Waals surface area (Å²) >= 11 is 5.91. The molecule has 1 heterocycles. The molecule has 0 bridgehead atoms. The fourth-order valence-electron chi connectivity index (χ4n) is 1.67. The fraction of sp³-hybridized carbons (Fsp3) is 0.500. The lowest BCUT2D eigenvalue weighted by atomic mass is 10.3. The molecule has 0 amide bonds. The zero-order valence-corrected chi connectivity index (χ0v) is 10.9. The smallest absolute Gasteiger partial charge is 0.337 e. The molecule has 18 heavy (non-hydrogen) atoms. The van der Waals surface area contributed by atoms with Gasteiger partial charge in [-0.25, -0.2) is 9.78 Å². The summed E-state index contributed by atoms with van der Waals surface area (Å²) in [5, 5.41) is 8.96. The van der Waals surface area contributed by atoms with Crippen molar-refractivity contribution in [2.45, 2.75) is 18.9 Å². The first-order valence-electron chi connectivity index (χ1n) is 5.80. The predicted octanol–water partition coefficient (Wildman–Crippen LogP) is 1.91. The number of rotatable bonds is 6. The third-order valence-electron chi connectivity index (χ3n) is 2.94. The standard InChI is InChI=1S/C12H15ClN2O3/c1-15(8-2-3-8)6-7-18-11-10(13)9(12(16)17)4-5-14-11/h4-5,8H,2-3,6-7H2,1H3,(H,16,17). The molecule has 0 spiro atoms. The molecular weight excluding hydrogens is 256 g/mol. The number of likely N-dealkylation sites (N-methyl/N-ethyl adjacent to an activating group) is 1. The molecule has 0 aliphatic heterocycles. The first-order chi connectivity index (χ1) is 8.59. The molecule has 0 aromatic carbocycles. The number of carboxylic acids is 1. The summed E-state index contributed by atoms with van der Waals surface area (Å²) in [6.07, 6.45) is 3.86. The van der Waals surface area contributed by atoms with Crippen LogP contribution in [0.4, 0.5) is 0 Å². The Balaban J connectivity index is 1.92. The Hall–Kier alpha value is -1.33. The maximum atomic E-state index is 10.9. The number of hydrogen-bond donors (Lipinski definition) is 1. The lowest BCUT2D eigenvalue weighted by molar-refractivity contribution is 0.0696. The number of carbonyl (C=O) groups is 1. The molecule has 5 nitrogen and oxygen atoms in total. The minimum atomic E-state index is -1.08. The Morgan fingerprint density at radius 2 is 2.39 bits per heavy atom. The van der Waals surface area contributed by atoms with Crippen molar-refractivity contribution in [3.8, 4) is 5.88 Å². The van der Waals surface area contributed by atoms with E-state index >= 15 is 0 Å². The van der Waals surface area contributed by atoms with E-state index in [4.69, 9.17) is 21.4 Å². The Kier molecular flexibility index (Phi) is 4.04. The highest BCUT2D eigenvalue weighted by Crippen LogP contribution is 2.27. The summed E-state index contributed by atoms with van der Waals surface area (Å²) in [6.45, 7) is 1.22. The molecular formula is C12H15ClN2O3. The number of halogens is 1. The van der Waals surface area contributed by atoms with Crippen LogP contribution in [0.25, 0.3) is 0 Å². The summed E-state index contributed by atoms with van der Waals surface area (Å²) < 4.78 is 5.43. The quantitative estimate of drug-likeness (QED) is 0.855. The van der Waals surface area contributed by atoms with Crippen molar-refractivity contribution in [1.29, 1.82) is 0 Å². The van der Waals surface area contributed by atoms with Crippen LogP contribution in [0.5, 0.6) is 5.88 Å². The second-order valence-electron chi connectivity index (χ2n) is 4.34. The van der Waals surface area contributed by atoms with E-state index in [0.717, 1.165) is 6.54 Å². The van der Waals surface area contributed by atoms with Gasteiger partial charge in [0.1, 0.15) is 11.6 Å². The maximum Gasteiger partial charge on any atom is 0.337 e. The SMILES string of the molecule is CN(CCOc1nccc(C(=O)O)c1Cl)C1CC1. The van der Waals surface area contributed by atoms with Gasteiger partial charge in [-0.15, -0.1) is 0 Å². The van der Waals surface area contributed by atoms with Gasteiger partial charge in [-0.3, -0.25) is 0 Å². The first kappa shape index (κ1) is 13.1. The highest BCUT2D eigenvalue weighted by Gasteiger charge is 2.25. The van der Waals surface area contributed by atoms with Crippen molar-refractivity contribution >= 4 is 17.6 Å². The van der Waals surface area contributed by atoms with E-state index in [1.54, 1.807) is 0 Å². The summed E-state index contributed by atoms with van der Waals surface area (Å²) in [5.41, 5.74) is 0.0113. The second-order valence-corrected chi connectivity index (χ2v) is 4.72. The zero-order chi connectivity index (χ0) is 13.1. The number of carboxylic acid groups (broad SMARTS) is 1. The lowest BCUT2D eigenvalue weighted by Crippen LogP contribution is -2.26. The minimum Gasteiger partial charge on any atom is -0.478 e. The highest BCUT2D eigenvalue weighted by molar-refractivity contribution is 6.34. The first-order valence-corrected chi connectivity index (χ1v) is 6.18. The summed E-state index contributed by atoms with van der Waals surface area (Å²) in [5.74, 6) is -0.900. The number of hydrogen-bond acceptors (Lipinski definition) is 4. The predicted molar refractivity (Wildman–Crippen MR) is 67.4 cm³/mol. The molecule has 98 valence electrons. The van der Waals surface area contributed by atoms with Crippen LogP contribution in [-0.2, 0) is 0 Å². The van der Waals surface area contributed by atoms with Gasteiger partial charge in [0.25, 0.3) is 0 Å². The van der Waals surface area contributed by atoms with E-state index in [-0.39, 0.29) is 16.5 Å². The number of aromatic carboxylic acids is 1. The Bertz CT molecular complexity index is 449. The van der Waals surface area contributed by atoms with E-state index in [0.29, 0.717) is 12.6 Å². The molecule has 1 fully saturated rings. The summed E-state index contributed by atoms with van der Waals surface area (Å²) in [4.78, 5) is 17.0. The Morgan fingerprint density at radius 1 is 1.67 bits per heavy atom. The molecule has 6 heteroatoms. The Labute approximate surface area is 110 Å². The van der Waals surface area contributed by atoms with Gasteiger partial charge in [0.15, 0.2) is 0 Å². The van der Waals surface area contributed by atoms with Crippen molar-refractivity contribution in [3.63, 3.8) is 0 Å². The van der Waals surface area contributed by atoms with Gasteiger partial charge >= 0.3 is 5.97 Å². The topological polar surface area (TPSA) is 62.7 Å². The van der Waals surface area contributed by atoms with Gasteiger partial charge < -0.3 is 14.7 Å². The normalized spacial score (nSPS) is 14.8. The molecule has 0 unspecified atom stereocenters. The average molecular weight is 271 g/mol. The number of ether oxygens (including phenoxy) is 1. The lowest BCUT2D eigenvalue weighted by Gasteiger charge is -2.16. The molecule has 2 rings (SSSR count). The molecule has 1 aromatic rings. The molecule has 1 aromatic heterocycles. The van der Waals surface area contributed by atoms with Gasteiger partial charge in [-0.1, -0.05) is 11.6 Å². The molecule has 0 saturated heterocycles. The van der Waals surface area contributed by atoms with E-state index in [9.17, 15) is 4.79 Å². The van der Waals surface area contributed by atoms with Crippen LogP contribution in [0.2, 0.25) is 5.02 Å². The van der Waals surface area contributed by atoms with Crippen molar-refractivity contribution in [3.05, 3.63) is 22.8 Å². The van der Waals surface area contributed by atoms with Crippen LogP contribution in [0.15, 0.2) is 12.3 Å². The zero-order valence-electron chi connectivity index (χ0n) is 10.1. The highest BCUT2D eigenvalue weighted by atomic mass is 35.5. The Morgan fingerprint density at radius 3 is 3.00 bits per heavy atom. The largest absolute Gasteiger partial charge is 0.478 e. The molecule has 1 aliphatic carbocycles. The summed E-state index contributed by atoms with van der Waals surface area (Å²) in [7, 11) is 2.05. The van der Waals surface area contributed by atoms with Crippen LogP contribution in [-0.4, -0.2) is 47.2 Å². The third-order valence-corrected chi connectivity index (χ3v) is 3.31. The number of pyridine rings is 1. The second kappa shape index (κ2) is 5.54. The maximum absolute atomic E-state index is 10.9. The number of nitrogens with zero attached hydrogens (tertiary/aromatic N) is 2.